The van der Waals surface area contributed by atoms with E-state index in [-0.39, 0.29) is 11.8 Å². The number of rotatable bonds is 5. The van der Waals surface area contributed by atoms with Gasteiger partial charge >= 0.3 is 0 Å². The molecule has 0 unspecified atom stereocenters. The van der Waals surface area contributed by atoms with Gasteiger partial charge in [0.15, 0.2) is 0 Å². The summed E-state index contributed by atoms with van der Waals surface area (Å²) in [6.45, 7) is 7.09. The van der Waals surface area contributed by atoms with Crippen molar-refractivity contribution in [2.75, 3.05) is 24.5 Å². The number of nitrogens with zero attached hydrogens (tertiary/aromatic N) is 2. The van der Waals surface area contributed by atoms with Crippen molar-refractivity contribution >= 4 is 21.6 Å². The molecule has 2 aromatic rings. The number of aryl methyl sites for hydroxylation is 2. The van der Waals surface area contributed by atoms with Gasteiger partial charge < -0.3 is 4.90 Å². The largest absolute Gasteiger partial charge is 0.312 e. The second-order valence-electron chi connectivity index (χ2n) is 7.37. The van der Waals surface area contributed by atoms with Gasteiger partial charge in [-0.05, 0) is 57.4 Å². The first-order valence-electron chi connectivity index (χ1n) is 9.78. The van der Waals surface area contributed by atoms with Crippen molar-refractivity contribution in [3.63, 3.8) is 0 Å². The Bertz CT molecular complexity index is 934. The Labute approximate surface area is 168 Å². The van der Waals surface area contributed by atoms with E-state index in [4.69, 9.17) is 0 Å². The predicted molar refractivity (Wildman–Crippen MR) is 112 cm³/mol. The van der Waals surface area contributed by atoms with E-state index in [0.717, 1.165) is 16.8 Å². The van der Waals surface area contributed by atoms with Crippen molar-refractivity contribution in [2.24, 2.45) is 5.92 Å². The quantitative estimate of drug-likeness (QED) is 0.768. The summed E-state index contributed by atoms with van der Waals surface area (Å²) in [7, 11) is -3.53. The number of piperidine rings is 1. The maximum absolute atomic E-state index is 13.0. The Morgan fingerprint density at radius 2 is 1.71 bits per heavy atom. The highest BCUT2D eigenvalue weighted by Crippen LogP contribution is 2.28. The fourth-order valence-electron chi connectivity index (χ4n) is 3.86. The molecule has 0 aromatic heterocycles. The zero-order valence-electron chi connectivity index (χ0n) is 16.8. The van der Waals surface area contributed by atoms with Crippen LogP contribution in [0.25, 0.3) is 0 Å². The van der Waals surface area contributed by atoms with Crippen molar-refractivity contribution in [2.45, 2.75) is 38.5 Å². The molecule has 0 atom stereocenters. The summed E-state index contributed by atoms with van der Waals surface area (Å²) in [4.78, 5) is 15.2. The number of hydrogen-bond donors (Lipinski definition) is 0. The van der Waals surface area contributed by atoms with Gasteiger partial charge in [0.2, 0.25) is 15.9 Å². The SMILES string of the molecule is CCN(C(=O)C1CCN(S(=O)(=O)c2ccc(C)cc2C)CC1)c1ccccc1. The van der Waals surface area contributed by atoms with E-state index in [9.17, 15) is 13.2 Å². The van der Waals surface area contributed by atoms with Crippen LogP contribution in [-0.4, -0.2) is 38.3 Å². The minimum atomic E-state index is -3.53. The van der Waals surface area contributed by atoms with Crippen LogP contribution in [-0.2, 0) is 14.8 Å². The van der Waals surface area contributed by atoms with Crippen molar-refractivity contribution in [1.29, 1.82) is 0 Å². The summed E-state index contributed by atoms with van der Waals surface area (Å²) >= 11 is 0. The van der Waals surface area contributed by atoms with E-state index in [2.05, 4.69) is 0 Å². The van der Waals surface area contributed by atoms with Gasteiger partial charge in [-0.3, -0.25) is 4.79 Å². The molecular formula is C22H28N2O3S. The topological polar surface area (TPSA) is 57.7 Å². The molecule has 0 aliphatic carbocycles. The molecule has 0 spiro atoms. The molecule has 1 aliphatic rings. The molecule has 150 valence electrons. The summed E-state index contributed by atoms with van der Waals surface area (Å²) in [6.07, 6.45) is 1.10. The number of carbonyl (C=O) groups excluding carboxylic acids is 1. The standard InChI is InChI=1S/C22H28N2O3S/c1-4-24(20-8-6-5-7-9-20)22(25)19-12-14-23(15-13-19)28(26,27)21-11-10-17(2)16-18(21)3/h5-11,16,19H,4,12-15H2,1-3H3. The average Bonchev–Trinajstić information content (AvgIpc) is 2.69. The number of hydrogen-bond acceptors (Lipinski definition) is 3. The first kappa shape index (κ1) is 20.6. The Morgan fingerprint density at radius 1 is 1.07 bits per heavy atom. The van der Waals surface area contributed by atoms with Crippen molar-refractivity contribution < 1.29 is 13.2 Å². The summed E-state index contributed by atoms with van der Waals surface area (Å²) in [6, 6.07) is 15.0. The van der Waals surface area contributed by atoms with Gasteiger partial charge in [-0.15, -0.1) is 0 Å². The third-order valence-corrected chi connectivity index (χ3v) is 7.46. The van der Waals surface area contributed by atoms with Crippen LogP contribution in [0, 0.1) is 19.8 Å². The second kappa shape index (κ2) is 8.45. The van der Waals surface area contributed by atoms with Gasteiger partial charge in [0.05, 0.1) is 4.90 Å². The number of para-hydroxylation sites is 1. The number of benzene rings is 2. The molecule has 3 rings (SSSR count). The Morgan fingerprint density at radius 3 is 2.29 bits per heavy atom. The molecule has 0 saturated carbocycles. The van der Waals surface area contributed by atoms with Crippen molar-refractivity contribution in [3.8, 4) is 0 Å². The predicted octanol–water partition coefficient (Wildman–Crippen LogP) is 3.76. The minimum Gasteiger partial charge on any atom is -0.312 e. The Balaban J connectivity index is 1.70. The highest BCUT2D eigenvalue weighted by molar-refractivity contribution is 7.89. The molecule has 0 radical (unpaired) electrons. The normalized spacial score (nSPS) is 16.1. The summed E-state index contributed by atoms with van der Waals surface area (Å²) in [5.74, 6) is -0.0667. The van der Waals surface area contributed by atoms with Crippen LogP contribution in [0.3, 0.4) is 0 Å². The van der Waals surface area contributed by atoms with Crippen LogP contribution in [0.5, 0.6) is 0 Å². The summed E-state index contributed by atoms with van der Waals surface area (Å²) in [5.41, 5.74) is 2.70. The van der Waals surface area contributed by atoms with Crippen LogP contribution < -0.4 is 4.90 Å². The van der Waals surface area contributed by atoms with Gasteiger partial charge in [0, 0.05) is 31.2 Å². The lowest BCUT2D eigenvalue weighted by Gasteiger charge is -2.33. The zero-order chi connectivity index (χ0) is 20.3. The lowest BCUT2D eigenvalue weighted by atomic mass is 9.96. The zero-order valence-corrected chi connectivity index (χ0v) is 17.6. The molecule has 2 aromatic carbocycles. The van der Waals surface area contributed by atoms with Crippen LogP contribution in [0.2, 0.25) is 0 Å². The summed E-state index contributed by atoms with van der Waals surface area (Å²) < 4.78 is 27.6. The molecule has 28 heavy (non-hydrogen) atoms. The number of carbonyl (C=O) groups is 1. The highest BCUT2D eigenvalue weighted by atomic mass is 32.2. The number of sulfonamides is 1. The molecule has 0 bridgehead atoms. The second-order valence-corrected chi connectivity index (χ2v) is 9.27. The van der Waals surface area contributed by atoms with Gasteiger partial charge in [-0.2, -0.15) is 4.31 Å². The number of anilines is 1. The molecule has 1 heterocycles. The maximum atomic E-state index is 13.0. The third-order valence-electron chi connectivity index (χ3n) is 5.40. The van der Waals surface area contributed by atoms with Gasteiger partial charge in [-0.1, -0.05) is 35.9 Å². The molecule has 1 saturated heterocycles. The first-order chi connectivity index (χ1) is 13.3. The van der Waals surface area contributed by atoms with E-state index in [1.54, 1.807) is 11.0 Å². The third kappa shape index (κ3) is 4.13. The van der Waals surface area contributed by atoms with Crippen LogP contribution in [0.15, 0.2) is 53.4 Å². The highest BCUT2D eigenvalue weighted by Gasteiger charge is 2.34. The maximum Gasteiger partial charge on any atom is 0.243 e. The Kier molecular flexibility index (Phi) is 6.20. The molecule has 0 N–H and O–H groups in total. The first-order valence-corrected chi connectivity index (χ1v) is 11.2. The van der Waals surface area contributed by atoms with Crippen molar-refractivity contribution in [1.82, 2.24) is 4.31 Å². The lowest BCUT2D eigenvalue weighted by molar-refractivity contribution is -0.123. The van der Waals surface area contributed by atoms with Crippen LogP contribution >= 0.6 is 0 Å². The number of amides is 1. The summed E-state index contributed by atoms with van der Waals surface area (Å²) in [5, 5.41) is 0. The molecule has 5 nitrogen and oxygen atoms in total. The molecule has 1 aliphatic heterocycles. The average molecular weight is 401 g/mol. The van der Waals surface area contributed by atoms with E-state index in [1.807, 2.05) is 63.2 Å². The van der Waals surface area contributed by atoms with Gasteiger partial charge in [0.1, 0.15) is 0 Å². The minimum absolute atomic E-state index is 0.0808. The Hall–Kier alpha value is -2.18. The lowest BCUT2D eigenvalue weighted by Crippen LogP contribution is -2.44. The van der Waals surface area contributed by atoms with E-state index in [0.29, 0.717) is 37.4 Å². The van der Waals surface area contributed by atoms with E-state index >= 15 is 0 Å². The fraction of sp³-hybridized carbons (Fsp3) is 0.409. The van der Waals surface area contributed by atoms with E-state index in [1.165, 1.54) is 4.31 Å². The molecular weight excluding hydrogens is 372 g/mol. The smallest absolute Gasteiger partial charge is 0.243 e. The molecule has 1 fully saturated rings. The van der Waals surface area contributed by atoms with Crippen LogP contribution in [0.4, 0.5) is 5.69 Å². The molecule has 6 heteroatoms. The van der Waals surface area contributed by atoms with Crippen molar-refractivity contribution in [3.05, 3.63) is 59.7 Å². The fourth-order valence-corrected chi connectivity index (χ4v) is 5.54. The van der Waals surface area contributed by atoms with Crippen LogP contribution in [0.1, 0.15) is 30.9 Å². The van der Waals surface area contributed by atoms with Gasteiger partial charge in [-0.25, -0.2) is 8.42 Å². The van der Waals surface area contributed by atoms with E-state index < -0.39 is 10.0 Å². The monoisotopic (exact) mass is 400 g/mol. The molecule has 1 amide bonds. The van der Waals surface area contributed by atoms with Gasteiger partial charge in [0.25, 0.3) is 0 Å².